The van der Waals surface area contributed by atoms with Crippen molar-refractivity contribution in [3.05, 3.63) is 35.4 Å². The number of nitrogens with zero attached hydrogens (tertiary/aromatic N) is 1. The molecule has 1 aliphatic heterocycles. The number of fused-ring (bicyclic) bond motifs is 1. The summed E-state index contributed by atoms with van der Waals surface area (Å²) >= 11 is 0. The predicted molar refractivity (Wildman–Crippen MR) is 55.1 cm³/mol. The van der Waals surface area contributed by atoms with E-state index in [-0.39, 0.29) is 57.9 Å². The van der Waals surface area contributed by atoms with Crippen LogP contribution in [-0.4, -0.2) is 30.8 Å². The van der Waals surface area contributed by atoms with Gasteiger partial charge in [0.25, 0.3) is 5.91 Å². The van der Waals surface area contributed by atoms with Gasteiger partial charge in [-0.05, 0) is 24.5 Å². The molecular formula is C10H10BF3KNO. The fraction of sp³-hybridized carbons (Fsp3) is 0.300. The first-order chi connectivity index (χ1) is 7.47. The Hall–Kier alpha value is 0.181. The molecule has 0 fully saturated rings. The number of amides is 1. The fourth-order valence-corrected chi connectivity index (χ4v) is 1.90. The Bertz CT molecular complexity index is 424. The minimum atomic E-state index is -4.95. The van der Waals surface area contributed by atoms with Gasteiger partial charge in [0.15, 0.2) is 0 Å². The zero-order valence-electron chi connectivity index (χ0n) is 9.50. The summed E-state index contributed by atoms with van der Waals surface area (Å²) in [4.78, 5) is 12.6. The zero-order valence-corrected chi connectivity index (χ0v) is 12.6. The van der Waals surface area contributed by atoms with Crippen LogP contribution in [0.5, 0.6) is 0 Å². The normalized spacial score (nSPS) is 15.2. The van der Waals surface area contributed by atoms with Crippen LogP contribution in [-0.2, 0) is 6.42 Å². The van der Waals surface area contributed by atoms with Gasteiger partial charge >= 0.3 is 58.4 Å². The summed E-state index contributed by atoms with van der Waals surface area (Å²) in [5.41, 5.74) is 1.23. The molecule has 1 aliphatic rings. The Balaban J connectivity index is 0.00000144. The number of hydrogen-bond acceptors (Lipinski definition) is 1. The van der Waals surface area contributed by atoms with E-state index in [1.807, 2.05) is 0 Å². The average molecular weight is 267 g/mol. The molecule has 0 radical (unpaired) electrons. The average Bonchev–Trinajstić information content (AvgIpc) is 2.21. The Morgan fingerprint density at radius 3 is 2.53 bits per heavy atom. The number of halogens is 3. The minimum absolute atomic E-state index is 0. The monoisotopic (exact) mass is 267 g/mol. The molecule has 0 saturated carbocycles. The summed E-state index contributed by atoms with van der Waals surface area (Å²) < 4.78 is 36.8. The van der Waals surface area contributed by atoms with Gasteiger partial charge in [0.2, 0.25) is 0 Å². The second kappa shape index (κ2) is 5.88. The first kappa shape index (κ1) is 15.2. The van der Waals surface area contributed by atoms with Crippen molar-refractivity contribution in [2.45, 2.75) is 6.42 Å². The SMILES string of the molecule is O=C1c2ccccc2CCN1C[B-](F)(F)F.[K+]. The van der Waals surface area contributed by atoms with Crippen molar-refractivity contribution in [2.24, 2.45) is 0 Å². The van der Waals surface area contributed by atoms with Crippen molar-refractivity contribution in [3.63, 3.8) is 0 Å². The van der Waals surface area contributed by atoms with Crippen molar-refractivity contribution in [3.8, 4) is 0 Å². The maximum atomic E-state index is 12.3. The molecule has 1 aromatic rings. The molecule has 86 valence electrons. The smallest absolute Gasteiger partial charge is 0.448 e. The van der Waals surface area contributed by atoms with Crippen LogP contribution in [0, 0.1) is 0 Å². The third-order valence-electron chi connectivity index (χ3n) is 2.61. The molecule has 17 heavy (non-hydrogen) atoms. The number of carbonyl (C=O) groups is 1. The fourth-order valence-electron chi connectivity index (χ4n) is 1.90. The molecular weight excluding hydrogens is 257 g/mol. The summed E-state index contributed by atoms with van der Waals surface area (Å²) in [6.07, 6.45) is -0.610. The van der Waals surface area contributed by atoms with Crippen molar-refractivity contribution in [1.82, 2.24) is 4.90 Å². The van der Waals surface area contributed by atoms with E-state index in [1.54, 1.807) is 24.3 Å². The summed E-state index contributed by atoms with van der Waals surface area (Å²) in [5.74, 6) is -0.513. The Labute approximate surface area is 140 Å². The van der Waals surface area contributed by atoms with Crippen molar-refractivity contribution >= 4 is 12.9 Å². The molecule has 0 aliphatic carbocycles. The van der Waals surface area contributed by atoms with E-state index in [4.69, 9.17) is 0 Å². The number of hydrogen-bond donors (Lipinski definition) is 0. The third kappa shape index (κ3) is 3.82. The van der Waals surface area contributed by atoms with Crippen molar-refractivity contribution in [2.75, 3.05) is 13.0 Å². The van der Waals surface area contributed by atoms with E-state index in [0.29, 0.717) is 12.0 Å². The zero-order chi connectivity index (χ0) is 11.8. The molecule has 1 amide bonds. The van der Waals surface area contributed by atoms with Crippen molar-refractivity contribution in [1.29, 1.82) is 0 Å². The molecule has 0 unspecified atom stereocenters. The Morgan fingerprint density at radius 1 is 1.24 bits per heavy atom. The van der Waals surface area contributed by atoms with Crippen LogP contribution in [0.4, 0.5) is 12.9 Å². The minimum Gasteiger partial charge on any atom is -0.448 e. The van der Waals surface area contributed by atoms with Gasteiger partial charge in [-0.2, -0.15) is 0 Å². The van der Waals surface area contributed by atoms with Crippen LogP contribution >= 0.6 is 0 Å². The molecule has 2 rings (SSSR count). The molecule has 1 aromatic carbocycles. The summed E-state index contributed by atoms with van der Waals surface area (Å²) in [5, 5.41) is 0. The quantitative estimate of drug-likeness (QED) is 0.634. The molecule has 0 spiro atoms. The van der Waals surface area contributed by atoms with Crippen LogP contribution in [0.25, 0.3) is 0 Å². The second-order valence-electron chi connectivity index (χ2n) is 3.87. The topological polar surface area (TPSA) is 20.3 Å². The summed E-state index contributed by atoms with van der Waals surface area (Å²) in [6.45, 7) is -4.80. The number of benzene rings is 1. The van der Waals surface area contributed by atoms with Gasteiger partial charge in [-0.3, -0.25) is 4.79 Å². The molecule has 0 saturated heterocycles. The van der Waals surface area contributed by atoms with Gasteiger partial charge in [-0.15, -0.1) is 0 Å². The molecule has 0 atom stereocenters. The van der Waals surface area contributed by atoms with Gasteiger partial charge in [-0.25, -0.2) is 0 Å². The molecule has 2 nitrogen and oxygen atoms in total. The van der Waals surface area contributed by atoms with E-state index >= 15 is 0 Å². The largest absolute Gasteiger partial charge is 1.00 e. The van der Waals surface area contributed by atoms with E-state index in [0.717, 1.165) is 10.5 Å². The summed E-state index contributed by atoms with van der Waals surface area (Å²) in [6, 6.07) is 6.81. The molecule has 0 N–H and O–H groups in total. The summed E-state index contributed by atoms with van der Waals surface area (Å²) in [7, 11) is 0. The standard InChI is InChI=1S/C10H10BF3NO.K/c12-11(13,14)7-15-6-5-8-3-1-2-4-9(8)10(15)16;/h1-4H,5-7H2;/q-1;+1. The van der Waals surface area contributed by atoms with E-state index in [9.17, 15) is 17.7 Å². The van der Waals surface area contributed by atoms with Crippen LogP contribution in [0.2, 0.25) is 0 Å². The first-order valence-corrected chi connectivity index (χ1v) is 5.05. The Morgan fingerprint density at radius 2 is 1.88 bits per heavy atom. The van der Waals surface area contributed by atoms with Crippen LogP contribution in [0.15, 0.2) is 24.3 Å². The Kier molecular flexibility index (Phi) is 5.27. The maximum absolute atomic E-state index is 12.3. The van der Waals surface area contributed by atoms with E-state index in [2.05, 4.69) is 0 Å². The molecule has 1 heterocycles. The second-order valence-corrected chi connectivity index (χ2v) is 3.87. The van der Waals surface area contributed by atoms with Gasteiger partial charge in [0, 0.05) is 12.1 Å². The molecule has 0 aromatic heterocycles. The van der Waals surface area contributed by atoms with Crippen LogP contribution in [0.1, 0.15) is 15.9 Å². The van der Waals surface area contributed by atoms with Gasteiger partial charge in [-0.1, -0.05) is 18.2 Å². The molecule has 7 heteroatoms. The van der Waals surface area contributed by atoms with Gasteiger partial charge < -0.3 is 17.8 Å². The van der Waals surface area contributed by atoms with Crippen LogP contribution in [0.3, 0.4) is 0 Å². The van der Waals surface area contributed by atoms with E-state index in [1.165, 1.54) is 0 Å². The van der Waals surface area contributed by atoms with Crippen molar-refractivity contribution < 1.29 is 69.1 Å². The van der Waals surface area contributed by atoms with Gasteiger partial charge in [0.05, 0.1) is 0 Å². The number of carbonyl (C=O) groups excluding carboxylic acids is 1. The van der Waals surface area contributed by atoms with Crippen LogP contribution < -0.4 is 51.4 Å². The third-order valence-corrected chi connectivity index (χ3v) is 2.61. The molecule has 0 bridgehead atoms. The maximum Gasteiger partial charge on any atom is 1.00 e. The van der Waals surface area contributed by atoms with Gasteiger partial charge in [0.1, 0.15) is 0 Å². The predicted octanol–water partition coefficient (Wildman–Crippen LogP) is -0.925. The number of rotatable bonds is 2. The van der Waals surface area contributed by atoms with E-state index < -0.39 is 19.3 Å². The first-order valence-electron chi connectivity index (χ1n) is 5.05.